The fraction of sp³-hybridized carbons (Fsp3) is 0.640. The molecule has 0 unspecified atom stereocenters. The molecule has 0 spiro atoms. The molecule has 0 radical (unpaired) electrons. The first-order chi connectivity index (χ1) is 16.6. The number of nitrogens with zero attached hydrogens (tertiary/aromatic N) is 2. The van der Waals surface area contributed by atoms with E-state index in [9.17, 15) is 4.79 Å². The number of hydrogen-bond acceptors (Lipinski definition) is 7. The van der Waals surface area contributed by atoms with Crippen LogP contribution in [-0.2, 0) is 4.74 Å². The maximum absolute atomic E-state index is 13.1. The van der Waals surface area contributed by atoms with Crippen LogP contribution in [-0.4, -0.2) is 54.3 Å². The summed E-state index contributed by atoms with van der Waals surface area (Å²) < 4.78 is 5.12. The zero-order valence-electron chi connectivity index (χ0n) is 20.9. The second-order valence-corrected chi connectivity index (χ2v) is 9.86. The molecule has 4 N–H and O–H groups in total. The number of aromatic nitrogens is 2. The Morgan fingerprint density at radius 2 is 1.69 bits per heavy atom. The van der Waals surface area contributed by atoms with Crippen molar-refractivity contribution in [1.82, 2.24) is 26.1 Å². The number of nitrogens with one attached hydrogen (secondary N) is 4. The molecule has 2 aliphatic rings. The van der Waals surface area contributed by atoms with Gasteiger partial charge in [-0.2, -0.15) is 0 Å². The standard InChI is InChI=1S/C25H37ClN6O2.2ClH/c1-34-15-14-27-32-22-11-7-6-10-21(22)30-23-19-16-17(26)12-13-20(19)29-24(31-23)25(33)28-18-8-4-2-3-5-9-18;;/h12-13,16,18,21-22,27,32H,2-11,14-15H2,1H3,(H,28,33)(H,29,30,31);2*1H/t21-,22+;;/m0../s1. The molecule has 2 saturated carbocycles. The van der Waals surface area contributed by atoms with Gasteiger partial charge in [0.05, 0.1) is 12.1 Å². The molecule has 2 atom stereocenters. The van der Waals surface area contributed by atoms with Crippen LogP contribution < -0.4 is 21.5 Å². The number of hydrogen-bond donors (Lipinski definition) is 4. The molecule has 8 nitrogen and oxygen atoms in total. The Morgan fingerprint density at radius 3 is 2.42 bits per heavy atom. The van der Waals surface area contributed by atoms with E-state index in [1.807, 2.05) is 12.1 Å². The minimum Gasteiger partial charge on any atom is -0.383 e. The van der Waals surface area contributed by atoms with Crippen LogP contribution >= 0.6 is 36.4 Å². The lowest BCUT2D eigenvalue weighted by Crippen LogP contribution is -2.52. The summed E-state index contributed by atoms with van der Waals surface area (Å²) >= 11 is 6.31. The average molecular weight is 562 g/mol. The molecule has 0 aliphatic heterocycles. The van der Waals surface area contributed by atoms with E-state index in [0.717, 1.165) is 56.9 Å². The van der Waals surface area contributed by atoms with Gasteiger partial charge in [-0.1, -0.05) is 50.1 Å². The van der Waals surface area contributed by atoms with Crippen LogP contribution in [0.1, 0.15) is 74.8 Å². The van der Waals surface area contributed by atoms with Gasteiger partial charge in [0.2, 0.25) is 5.82 Å². The number of rotatable bonds is 9. The van der Waals surface area contributed by atoms with Crippen molar-refractivity contribution in [3.05, 3.63) is 29.0 Å². The van der Waals surface area contributed by atoms with Gasteiger partial charge in [0.15, 0.2) is 0 Å². The lowest BCUT2D eigenvalue weighted by atomic mass is 9.90. The molecule has 1 aromatic carbocycles. The van der Waals surface area contributed by atoms with Crippen LogP contribution in [0.4, 0.5) is 5.82 Å². The summed E-state index contributed by atoms with van der Waals surface area (Å²) in [5.74, 6) is 0.667. The number of carbonyl (C=O) groups excluding carboxylic acids is 1. The number of halogens is 3. The first kappa shape index (κ1) is 30.8. The molecule has 2 aliphatic carbocycles. The van der Waals surface area contributed by atoms with Crippen LogP contribution in [0.25, 0.3) is 10.9 Å². The SMILES string of the molecule is COCCNN[C@@H]1CCCC[C@@H]1Nc1nc(C(=O)NC2CCCCCC2)nc2ccc(Cl)cc12.Cl.Cl. The first-order valence-corrected chi connectivity index (χ1v) is 13.0. The number of benzene rings is 1. The van der Waals surface area contributed by atoms with Crippen molar-refractivity contribution in [2.75, 3.05) is 25.6 Å². The quantitative estimate of drug-likeness (QED) is 0.193. The van der Waals surface area contributed by atoms with Crippen molar-refractivity contribution in [2.45, 2.75) is 82.3 Å². The molecule has 11 heteroatoms. The van der Waals surface area contributed by atoms with E-state index in [4.69, 9.17) is 21.3 Å². The number of ether oxygens (including phenoxy) is 1. The third-order valence-electron chi connectivity index (χ3n) is 6.86. The van der Waals surface area contributed by atoms with Crippen molar-refractivity contribution in [2.24, 2.45) is 0 Å². The van der Waals surface area contributed by atoms with Gasteiger partial charge in [0, 0.05) is 42.2 Å². The van der Waals surface area contributed by atoms with Crippen LogP contribution in [0, 0.1) is 0 Å². The third kappa shape index (κ3) is 8.57. The summed E-state index contributed by atoms with van der Waals surface area (Å²) in [4.78, 5) is 22.4. The van der Waals surface area contributed by atoms with E-state index in [2.05, 4.69) is 26.5 Å². The van der Waals surface area contributed by atoms with Crippen molar-refractivity contribution < 1.29 is 9.53 Å². The molecule has 1 amide bonds. The van der Waals surface area contributed by atoms with Gasteiger partial charge in [0.1, 0.15) is 5.82 Å². The summed E-state index contributed by atoms with van der Waals surface area (Å²) in [5.41, 5.74) is 7.42. The van der Waals surface area contributed by atoms with E-state index in [0.29, 0.717) is 23.0 Å². The van der Waals surface area contributed by atoms with Gasteiger partial charge in [-0.05, 0) is 43.9 Å². The second-order valence-electron chi connectivity index (χ2n) is 9.42. The molecule has 2 aromatic rings. The molecule has 36 heavy (non-hydrogen) atoms. The number of carbonyl (C=O) groups is 1. The zero-order valence-corrected chi connectivity index (χ0v) is 23.2. The van der Waals surface area contributed by atoms with Crippen molar-refractivity contribution >= 4 is 59.0 Å². The maximum Gasteiger partial charge on any atom is 0.289 e. The largest absolute Gasteiger partial charge is 0.383 e. The predicted molar refractivity (Wildman–Crippen MR) is 151 cm³/mol. The number of anilines is 1. The van der Waals surface area contributed by atoms with Gasteiger partial charge >= 0.3 is 0 Å². The predicted octanol–water partition coefficient (Wildman–Crippen LogP) is 5.04. The maximum atomic E-state index is 13.1. The molecule has 0 saturated heterocycles. The fourth-order valence-electron chi connectivity index (χ4n) is 4.99. The Balaban J connectivity index is 0.00000228. The molecule has 4 rings (SSSR count). The van der Waals surface area contributed by atoms with Crippen molar-refractivity contribution in [3.8, 4) is 0 Å². The van der Waals surface area contributed by atoms with Crippen molar-refractivity contribution in [1.29, 1.82) is 0 Å². The van der Waals surface area contributed by atoms with Gasteiger partial charge in [-0.3, -0.25) is 15.6 Å². The van der Waals surface area contributed by atoms with Crippen molar-refractivity contribution in [3.63, 3.8) is 0 Å². The first-order valence-electron chi connectivity index (χ1n) is 12.7. The van der Waals surface area contributed by atoms with E-state index >= 15 is 0 Å². The number of amides is 1. The minimum absolute atomic E-state index is 0. The van der Waals surface area contributed by atoms with E-state index in [-0.39, 0.29) is 54.7 Å². The van der Waals surface area contributed by atoms with Gasteiger partial charge in [-0.15, -0.1) is 24.8 Å². The third-order valence-corrected chi connectivity index (χ3v) is 7.09. The highest BCUT2D eigenvalue weighted by atomic mass is 35.5. The second kappa shape index (κ2) is 15.7. The number of fused-ring (bicyclic) bond motifs is 1. The fourth-order valence-corrected chi connectivity index (χ4v) is 5.17. The lowest BCUT2D eigenvalue weighted by Gasteiger charge is -2.33. The van der Waals surface area contributed by atoms with Gasteiger partial charge in [0.25, 0.3) is 5.91 Å². The van der Waals surface area contributed by atoms with E-state index in [1.165, 1.54) is 19.3 Å². The molecule has 202 valence electrons. The number of methoxy groups -OCH3 is 1. The summed E-state index contributed by atoms with van der Waals surface area (Å²) in [6.07, 6.45) is 11.2. The Labute approximate surface area is 231 Å². The summed E-state index contributed by atoms with van der Waals surface area (Å²) in [5, 5.41) is 8.25. The number of hydrazine groups is 1. The van der Waals surface area contributed by atoms with Gasteiger partial charge in [-0.25, -0.2) is 9.97 Å². The monoisotopic (exact) mass is 560 g/mol. The topological polar surface area (TPSA) is 100 Å². The molecular weight excluding hydrogens is 523 g/mol. The van der Waals surface area contributed by atoms with Crippen LogP contribution in [0.5, 0.6) is 0 Å². The zero-order chi connectivity index (χ0) is 23.8. The highest BCUT2D eigenvalue weighted by Gasteiger charge is 2.27. The smallest absolute Gasteiger partial charge is 0.289 e. The molecular formula is C25H39Cl3N6O2. The summed E-state index contributed by atoms with van der Waals surface area (Å²) in [6, 6.07) is 6.13. The van der Waals surface area contributed by atoms with E-state index in [1.54, 1.807) is 13.2 Å². The normalized spacial score (nSPS) is 20.6. The average Bonchev–Trinajstić information content (AvgIpc) is 3.11. The molecule has 2 fully saturated rings. The van der Waals surface area contributed by atoms with Crippen LogP contribution in [0.3, 0.4) is 0 Å². The van der Waals surface area contributed by atoms with E-state index < -0.39 is 0 Å². The summed E-state index contributed by atoms with van der Waals surface area (Å²) in [6.45, 7) is 1.38. The Bertz CT molecular complexity index is 959. The highest BCUT2D eigenvalue weighted by Crippen LogP contribution is 2.28. The molecule has 0 bridgehead atoms. The Kier molecular flexibility index (Phi) is 13.5. The summed E-state index contributed by atoms with van der Waals surface area (Å²) in [7, 11) is 1.70. The van der Waals surface area contributed by atoms with Gasteiger partial charge < -0.3 is 15.4 Å². The minimum atomic E-state index is -0.202. The van der Waals surface area contributed by atoms with Crippen LogP contribution in [0.2, 0.25) is 5.02 Å². The Hall–Kier alpha value is -1.42. The molecule has 1 aromatic heterocycles. The van der Waals surface area contributed by atoms with Crippen LogP contribution in [0.15, 0.2) is 18.2 Å². The molecule has 1 heterocycles. The highest BCUT2D eigenvalue weighted by molar-refractivity contribution is 6.31. The Morgan fingerprint density at radius 1 is 1.00 bits per heavy atom. The lowest BCUT2D eigenvalue weighted by molar-refractivity contribution is 0.0923.